The first-order valence-electron chi connectivity index (χ1n) is 10.3. The molecule has 0 saturated heterocycles. The van der Waals surface area contributed by atoms with Gasteiger partial charge in [-0.2, -0.15) is 0 Å². The Morgan fingerprint density at radius 1 is 1.14 bits per heavy atom. The van der Waals surface area contributed by atoms with Gasteiger partial charge in [0, 0.05) is 17.8 Å². The molecule has 186 valence electrons. The van der Waals surface area contributed by atoms with Crippen molar-refractivity contribution in [3.05, 3.63) is 59.3 Å². The number of carbonyl (C=O) groups is 2. The van der Waals surface area contributed by atoms with Crippen molar-refractivity contribution in [1.29, 1.82) is 0 Å². The summed E-state index contributed by atoms with van der Waals surface area (Å²) in [5.41, 5.74) is 0.976. The van der Waals surface area contributed by atoms with Crippen LogP contribution in [0.15, 0.2) is 57.8 Å². The molecular weight excluding hydrogens is 498 g/mol. The van der Waals surface area contributed by atoms with Crippen molar-refractivity contribution < 1.29 is 32.3 Å². The zero-order valence-corrected chi connectivity index (χ0v) is 20.7. The maximum Gasteiger partial charge on any atom is 0.404 e. The van der Waals surface area contributed by atoms with Crippen molar-refractivity contribution in [3.8, 4) is 17.1 Å². The summed E-state index contributed by atoms with van der Waals surface area (Å²) in [6, 6.07) is 12.4. The van der Waals surface area contributed by atoms with Crippen LogP contribution in [0.4, 0.5) is 16.2 Å². The van der Waals surface area contributed by atoms with Gasteiger partial charge >= 0.3 is 6.09 Å². The lowest BCUT2D eigenvalue weighted by atomic mass is 10.1. The molecule has 12 heteroatoms. The minimum absolute atomic E-state index is 0.00719. The number of carboxylic acid groups (broad SMARTS) is 1. The molecule has 2 amide bonds. The largest absolute Gasteiger partial charge is 0.495 e. The van der Waals surface area contributed by atoms with Gasteiger partial charge in [-0.3, -0.25) is 9.52 Å². The lowest BCUT2D eigenvalue weighted by Crippen LogP contribution is -2.33. The van der Waals surface area contributed by atoms with Crippen LogP contribution in [0.3, 0.4) is 0 Å². The van der Waals surface area contributed by atoms with Crippen LogP contribution in [0, 0.1) is 12.8 Å². The van der Waals surface area contributed by atoms with Gasteiger partial charge in [0.15, 0.2) is 0 Å². The van der Waals surface area contributed by atoms with Crippen LogP contribution in [-0.2, 0) is 14.8 Å². The topological polar surface area (TPSA) is 147 Å². The van der Waals surface area contributed by atoms with Crippen molar-refractivity contribution in [2.45, 2.75) is 18.7 Å². The van der Waals surface area contributed by atoms with E-state index in [2.05, 4.69) is 15.4 Å². The molecule has 3 rings (SSSR count). The van der Waals surface area contributed by atoms with Gasteiger partial charge in [-0.25, -0.2) is 13.2 Å². The number of ether oxygens (including phenoxy) is 1. The SMILES string of the molecule is COc1ccc(NC(=O)[C@H](C)CNC(=O)O)cc1NS(=O)(=O)c1ccc(-c2ccc(C)o2)cc1Cl. The van der Waals surface area contributed by atoms with E-state index in [-0.39, 0.29) is 33.6 Å². The number of carbonyl (C=O) groups excluding carboxylic acids is 1. The molecule has 1 atom stereocenters. The van der Waals surface area contributed by atoms with E-state index in [4.69, 9.17) is 25.9 Å². The molecule has 0 aliphatic rings. The highest BCUT2D eigenvalue weighted by Gasteiger charge is 2.22. The van der Waals surface area contributed by atoms with Gasteiger partial charge in [0.2, 0.25) is 5.91 Å². The third kappa shape index (κ3) is 6.46. The van der Waals surface area contributed by atoms with Crippen molar-refractivity contribution in [2.75, 3.05) is 23.7 Å². The smallest absolute Gasteiger partial charge is 0.404 e. The molecule has 3 aromatic rings. The van der Waals surface area contributed by atoms with Crippen LogP contribution in [-0.4, -0.2) is 39.2 Å². The standard InChI is InChI=1S/C23H24ClN3O7S/c1-13(12-25-23(29)30)22(28)26-16-6-8-20(33-3)18(11-16)27-35(31,32)21-9-5-15(10-17(21)24)19-7-4-14(2)34-19/h4-11,13,25,27H,12H2,1-3H3,(H,26,28)(H,29,30)/t13-/m1/s1. The van der Waals surface area contributed by atoms with E-state index < -0.39 is 27.9 Å². The third-order valence-electron chi connectivity index (χ3n) is 4.96. The minimum atomic E-state index is -4.13. The Balaban J connectivity index is 1.83. The van der Waals surface area contributed by atoms with E-state index in [0.29, 0.717) is 17.1 Å². The lowest BCUT2D eigenvalue weighted by molar-refractivity contribution is -0.119. The second-order valence-electron chi connectivity index (χ2n) is 7.65. The predicted octanol–water partition coefficient (Wildman–Crippen LogP) is 4.56. The van der Waals surface area contributed by atoms with E-state index >= 15 is 0 Å². The summed E-state index contributed by atoms with van der Waals surface area (Å²) in [4.78, 5) is 22.8. The van der Waals surface area contributed by atoms with Gasteiger partial charge in [0.05, 0.1) is 23.7 Å². The lowest BCUT2D eigenvalue weighted by Gasteiger charge is -2.16. The number of halogens is 1. The Bertz CT molecular complexity index is 1350. The van der Waals surface area contributed by atoms with E-state index in [1.54, 1.807) is 32.0 Å². The molecule has 10 nitrogen and oxygen atoms in total. The van der Waals surface area contributed by atoms with Crippen LogP contribution in [0.2, 0.25) is 5.02 Å². The summed E-state index contributed by atoms with van der Waals surface area (Å²) in [7, 11) is -2.76. The number of amides is 2. The summed E-state index contributed by atoms with van der Waals surface area (Å²) >= 11 is 6.30. The molecule has 0 unspecified atom stereocenters. The van der Waals surface area contributed by atoms with Crippen LogP contribution >= 0.6 is 11.6 Å². The zero-order chi connectivity index (χ0) is 25.8. The Hall–Kier alpha value is -3.70. The number of nitrogens with one attached hydrogen (secondary N) is 3. The second kappa shape index (κ2) is 10.7. The van der Waals surface area contributed by atoms with Gasteiger partial charge in [0.25, 0.3) is 10.0 Å². The fourth-order valence-electron chi connectivity index (χ4n) is 3.13. The number of anilines is 2. The van der Waals surface area contributed by atoms with E-state index in [1.807, 2.05) is 0 Å². The van der Waals surface area contributed by atoms with Crippen molar-refractivity contribution in [3.63, 3.8) is 0 Å². The highest BCUT2D eigenvalue weighted by Crippen LogP contribution is 2.33. The molecule has 0 aliphatic heterocycles. The molecular formula is C23H24ClN3O7S. The highest BCUT2D eigenvalue weighted by molar-refractivity contribution is 7.92. The van der Waals surface area contributed by atoms with Crippen molar-refractivity contribution in [1.82, 2.24) is 5.32 Å². The number of methoxy groups -OCH3 is 1. The number of sulfonamides is 1. The van der Waals surface area contributed by atoms with Crippen LogP contribution in [0.1, 0.15) is 12.7 Å². The first-order valence-corrected chi connectivity index (χ1v) is 12.2. The second-order valence-corrected chi connectivity index (χ2v) is 9.71. The monoisotopic (exact) mass is 521 g/mol. The minimum Gasteiger partial charge on any atom is -0.495 e. The number of aryl methyl sites for hydroxylation is 1. The zero-order valence-electron chi connectivity index (χ0n) is 19.1. The maximum atomic E-state index is 13.1. The van der Waals surface area contributed by atoms with E-state index in [0.717, 1.165) is 0 Å². The number of benzene rings is 2. The quantitative estimate of drug-likeness (QED) is 0.322. The summed E-state index contributed by atoms with van der Waals surface area (Å²) in [6.07, 6.45) is -1.24. The Morgan fingerprint density at radius 2 is 1.89 bits per heavy atom. The van der Waals surface area contributed by atoms with Crippen LogP contribution in [0.25, 0.3) is 11.3 Å². The van der Waals surface area contributed by atoms with E-state index in [1.165, 1.54) is 37.4 Å². The third-order valence-corrected chi connectivity index (χ3v) is 6.81. The number of furan rings is 1. The summed E-state index contributed by atoms with van der Waals surface area (Å²) in [5, 5.41) is 13.4. The Labute approximate surface area is 207 Å². The normalized spacial score (nSPS) is 12.0. The van der Waals surface area contributed by atoms with E-state index in [9.17, 15) is 18.0 Å². The molecule has 0 bridgehead atoms. The molecule has 4 N–H and O–H groups in total. The molecule has 2 aromatic carbocycles. The fraction of sp³-hybridized carbons (Fsp3) is 0.217. The highest BCUT2D eigenvalue weighted by atomic mass is 35.5. The molecule has 0 fully saturated rings. The van der Waals surface area contributed by atoms with Crippen LogP contribution in [0.5, 0.6) is 5.75 Å². The molecule has 1 aromatic heterocycles. The molecule has 0 saturated carbocycles. The summed E-state index contributed by atoms with van der Waals surface area (Å²) in [5.74, 6) is 0.361. The molecule has 0 radical (unpaired) electrons. The first kappa shape index (κ1) is 25.9. The van der Waals surface area contributed by atoms with Gasteiger partial charge < -0.3 is 24.9 Å². The van der Waals surface area contributed by atoms with Gasteiger partial charge in [-0.1, -0.05) is 18.5 Å². The number of rotatable bonds is 9. The molecule has 35 heavy (non-hydrogen) atoms. The van der Waals surface area contributed by atoms with Gasteiger partial charge in [-0.05, 0) is 55.5 Å². The fourth-order valence-corrected chi connectivity index (χ4v) is 4.73. The van der Waals surface area contributed by atoms with Crippen molar-refractivity contribution >= 4 is 45.0 Å². The molecule has 1 heterocycles. The van der Waals surface area contributed by atoms with Crippen LogP contribution < -0.4 is 20.1 Å². The van der Waals surface area contributed by atoms with Crippen molar-refractivity contribution in [2.24, 2.45) is 5.92 Å². The molecule has 0 aliphatic carbocycles. The Kier molecular flexibility index (Phi) is 7.92. The Morgan fingerprint density at radius 3 is 2.49 bits per heavy atom. The number of hydrogen-bond acceptors (Lipinski definition) is 6. The van der Waals surface area contributed by atoms with Gasteiger partial charge in [0.1, 0.15) is 22.2 Å². The average molecular weight is 522 g/mol. The average Bonchev–Trinajstić information content (AvgIpc) is 3.23. The van der Waals surface area contributed by atoms with Gasteiger partial charge in [-0.15, -0.1) is 0 Å². The summed E-state index contributed by atoms with van der Waals surface area (Å²) in [6.45, 7) is 3.27. The predicted molar refractivity (Wildman–Crippen MR) is 132 cm³/mol. The molecule has 0 spiro atoms. The number of hydrogen-bond donors (Lipinski definition) is 4. The first-order chi connectivity index (χ1) is 16.5. The maximum absolute atomic E-state index is 13.1. The summed E-state index contributed by atoms with van der Waals surface area (Å²) < 4.78 is 39.5.